The van der Waals surface area contributed by atoms with E-state index in [1.807, 2.05) is 48.9 Å². The Labute approximate surface area is 160 Å². The molecular formula is C22H26N3O2+. The van der Waals surface area contributed by atoms with E-state index >= 15 is 0 Å². The zero-order valence-corrected chi connectivity index (χ0v) is 16.3. The van der Waals surface area contributed by atoms with Crippen LogP contribution in [0.4, 0.5) is 0 Å². The van der Waals surface area contributed by atoms with Gasteiger partial charge in [-0.05, 0) is 44.0 Å². The van der Waals surface area contributed by atoms with E-state index in [-0.39, 0.29) is 4.90 Å². The number of rotatable bonds is 5. The number of hydrogen-bond donors (Lipinski definition) is 1. The van der Waals surface area contributed by atoms with Crippen molar-refractivity contribution in [2.24, 2.45) is 0 Å². The summed E-state index contributed by atoms with van der Waals surface area (Å²) < 4.78 is 2.04. The quantitative estimate of drug-likeness (QED) is 0.279. The molecular weight excluding hydrogens is 338 g/mol. The normalized spacial score (nSPS) is 18.4. The first kappa shape index (κ1) is 18.7. The maximum Gasteiger partial charge on any atom is 0.371 e. The Balaban J connectivity index is 2.15. The summed E-state index contributed by atoms with van der Waals surface area (Å²) >= 11 is 0. The van der Waals surface area contributed by atoms with Crippen molar-refractivity contribution in [3.63, 3.8) is 0 Å². The first-order valence-corrected chi connectivity index (χ1v) is 9.30. The molecule has 0 radical (unpaired) electrons. The van der Waals surface area contributed by atoms with Gasteiger partial charge in [0.25, 0.3) is 5.71 Å². The Hall–Kier alpha value is -3.04. The number of fused-ring (bicyclic) bond motifs is 1. The minimum absolute atomic E-state index is 0.00492. The summed E-state index contributed by atoms with van der Waals surface area (Å²) in [6.07, 6.45) is 7.36. The molecule has 5 nitrogen and oxygen atoms in total. The molecule has 0 bridgehead atoms. The highest BCUT2D eigenvalue weighted by molar-refractivity contribution is 6.05. The Morgan fingerprint density at radius 2 is 1.89 bits per heavy atom. The minimum Gasteiger partial charge on any atom is -0.417 e. The third kappa shape index (κ3) is 3.60. The predicted molar refractivity (Wildman–Crippen MR) is 108 cm³/mol. The lowest BCUT2D eigenvalue weighted by molar-refractivity contribution is -0.727. The van der Waals surface area contributed by atoms with E-state index < -0.39 is 6.04 Å². The van der Waals surface area contributed by atoms with Crippen LogP contribution in [-0.4, -0.2) is 38.4 Å². The standard InChI is InChI=1S/C22H26N3O2/c1-5-23(6-2)14-17(4)21-22(25(26)27)16(3)12-20-13-19(15-24(20)21)18-10-8-7-9-11-18/h7-13,15,21H,5-6H2,1-4H3,(H,26,27)/q+1/t21-/m0/s1. The van der Waals surface area contributed by atoms with Gasteiger partial charge in [0.15, 0.2) is 6.04 Å². The molecule has 1 aromatic heterocycles. The first-order valence-electron chi connectivity index (χ1n) is 9.30. The molecule has 0 aliphatic carbocycles. The second-order valence-electron chi connectivity index (χ2n) is 6.78. The second kappa shape index (κ2) is 7.68. The van der Waals surface area contributed by atoms with Crippen molar-refractivity contribution < 1.29 is 10.1 Å². The fraction of sp³-hybridized carbons (Fsp3) is 0.318. The lowest BCUT2D eigenvalue weighted by Gasteiger charge is -2.21. The Morgan fingerprint density at radius 3 is 2.48 bits per heavy atom. The van der Waals surface area contributed by atoms with Crippen molar-refractivity contribution in [3.05, 3.63) is 70.8 Å². The average Bonchev–Trinajstić information content (AvgIpc) is 3.08. The lowest BCUT2D eigenvalue weighted by atomic mass is 9.94. The molecule has 1 aliphatic rings. The highest BCUT2D eigenvalue weighted by Gasteiger charge is 2.40. The van der Waals surface area contributed by atoms with Crippen LogP contribution in [0.15, 0.2) is 53.7 Å². The fourth-order valence-corrected chi connectivity index (χ4v) is 3.63. The van der Waals surface area contributed by atoms with Crippen molar-refractivity contribution in [2.75, 3.05) is 13.1 Å². The molecule has 0 saturated heterocycles. The molecule has 2 heterocycles. The van der Waals surface area contributed by atoms with Crippen LogP contribution in [-0.2, 0) is 0 Å². The summed E-state index contributed by atoms with van der Waals surface area (Å²) in [6, 6.07) is 11.8. The molecule has 1 aromatic carbocycles. The van der Waals surface area contributed by atoms with Crippen LogP contribution in [0.1, 0.15) is 39.4 Å². The van der Waals surface area contributed by atoms with Crippen molar-refractivity contribution in [2.45, 2.75) is 33.7 Å². The summed E-state index contributed by atoms with van der Waals surface area (Å²) in [5.74, 6) is 0. The maximum absolute atomic E-state index is 12.0. The van der Waals surface area contributed by atoms with E-state index in [2.05, 4.69) is 43.1 Å². The largest absolute Gasteiger partial charge is 0.417 e. The molecule has 1 atom stereocenters. The topological polar surface area (TPSA) is 54.5 Å². The molecule has 1 aliphatic heterocycles. The molecule has 140 valence electrons. The van der Waals surface area contributed by atoms with Crippen molar-refractivity contribution in [1.29, 1.82) is 0 Å². The van der Waals surface area contributed by atoms with Crippen molar-refractivity contribution >= 4 is 11.8 Å². The Morgan fingerprint density at radius 1 is 1.22 bits per heavy atom. The third-order valence-electron chi connectivity index (χ3n) is 5.01. The first-order chi connectivity index (χ1) is 13.0. The third-order valence-corrected chi connectivity index (χ3v) is 5.01. The number of hydrogen-bond acceptors (Lipinski definition) is 3. The summed E-state index contributed by atoms with van der Waals surface area (Å²) in [7, 11) is 0. The van der Waals surface area contributed by atoms with Crippen LogP contribution in [0.3, 0.4) is 0 Å². The van der Waals surface area contributed by atoms with Crippen LogP contribution in [0.2, 0.25) is 0 Å². The van der Waals surface area contributed by atoms with E-state index in [1.54, 1.807) is 0 Å². The van der Waals surface area contributed by atoms with Gasteiger partial charge in [-0.15, -0.1) is 0 Å². The zero-order valence-electron chi connectivity index (χ0n) is 16.3. The van der Waals surface area contributed by atoms with Gasteiger partial charge >= 0.3 is 6.20 Å². The van der Waals surface area contributed by atoms with Gasteiger partial charge in [-0.1, -0.05) is 30.3 Å². The van der Waals surface area contributed by atoms with Gasteiger partial charge in [-0.3, -0.25) is 5.21 Å². The molecule has 3 rings (SSSR count). The van der Waals surface area contributed by atoms with E-state index in [0.717, 1.165) is 41.1 Å². The molecule has 0 unspecified atom stereocenters. The van der Waals surface area contributed by atoms with Gasteiger partial charge < -0.3 is 9.77 Å². The molecule has 5 heteroatoms. The van der Waals surface area contributed by atoms with E-state index in [0.29, 0.717) is 5.71 Å². The predicted octanol–water partition coefficient (Wildman–Crippen LogP) is 4.50. The highest BCUT2D eigenvalue weighted by Crippen LogP contribution is 2.34. The van der Waals surface area contributed by atoms with Crippen molar-refractivity contribution in [1.82, 2.24) is 9.47 Å². The SMILES string of the molecule is CCN([C+]=C(C)[C@H]1/C(=[N+](\[O-])O)C(C)=Cc2cc(-c3ccccc3)cn21)CC. The van der Waals surface area contributed by atoms with Crippen LogP contribution >= 0.6 is 0 Å². The lowest BCUT2D eigenvalue weighted by Crippen LogP contribution is -2.32. The van der Waals surface area contributed by atoms with Gasteiger partial charge in [0.1, 0.15) is 0 Å². The van der Waals surface area contributed by atoms with E-state index in [1.165, 1.54) is 0 Å². The number of allylic oxidation sites excluding steroid dienone is 2. The van der Waals surface area contributed by atoms with Gasteiger partial charge in [0.2, 0.25) is 5.57 Å². The summed E-state index contributed by atoms with van der Waals surface area (Å²) in [5.41, 5.74) is 5.16. The smallest absolute Gasteiger partial charge is 0.371 e. The zero-order chi connectivity index (χ0) is 19.6. The fourth-order valence-electron chi connectivity index (χ4n) is 3.63. The summed E-state index contributed by atoms with van der Waals surface area (Å²) in [6.45, 7) is 9.61. The number of aromatic nitrogens is 1. The maximum atomic E-state index is 12.0. The Bertz CT molecular complexity index is 899. The molecule has 0 fully saturated rings. The summed E-state index contributed by atoms with van der Waals surface area (Å²) in [4.78, 5) is 2.06. The molecule has 0 saturated carbocycles. The van der Waals surface area contributed by atoms with Gasteiger partial charge in [0, 0.05) is 29.3 Å². The second-order valence-corrected chi connectivity index (χ2v) is 6.78. The van der Waals surface area contributed by atoms with E-state index in [9.17, 15) is 10.4 Å². The number of nitrogens with zero attached hydrogens (tertiary/aromatic N) is 3. The van der Waals surface area contributed by atoms with Crippen LogP contribution in [0.25, 0.3) is 17.2 Å². The Kier molecular flexibility index (Phi) is 5.33. The molecule has 0 spiro atoms. The highest BCUT2D eigenvalue weighted by atomic mass is 16.8. The molecule has 0 amide bonds. The number of benzene rings is 1. The van der Waals surface area contributed by atoms with E-state index in [4.69, 9.17) is 0 Å². The molecule has 1 N–H and O–H groups in total. The average molecular weight is 364 g/mol. The monoisotopic (exact) mass is 364 g/mol. The van der Waals surface area contributed by atoms with Gasteiger partial charge in [-0.25, -0.2) is 0 Å². The minimum atomic E-state index is -0.398. The van der Waals surface area contributed by atoms with Crippen molar-refractivity contribution in [3.8, 4) is 11.1 Å². The molecule has 27 heavy (non-hydrogen) atoms. The summed E-state index contributed by atoms with van der Waals surface area (Å²) in [5, 5.41) is 21.8. The van der Waals surface area contributed by atoms with Gasteiger partial charge in [-0.2, -0.15) is 4.90 Å². The van der Waals surface area contributed by atoms with Gasteiger partial charge in [0.05, 0.1) is 13.1 Å². The van der Waals surface area contributed by atoms with Crippen LogP contribution in [0, 0.1) is 11.4 Å². The molecule has 2 aromatic rings. The van der Waals surface area contributed by atoms with Crippen LogP contribution in [0.5, 0.6) is 0 Å². The van der Waals surface area contributed by atoms with Crippen LogP contribution < -0.4 is 0 Å².